The van der Waals surface area contributed by atoms with Crippen LogP contribution in [-0.2, 0) is 6.54 Å². The first-order chi connectivity index (χ1) is 9.08. The summed E-state index contributed by atoms with van der Waals surface area (Å²) in [4.78, 5) is 2.23. The molecule has 1 unspecified atom stereocenters. The van der Waals surface area contributed by atoms with Crippen LogP contribution in [0.4, 0.5) is 4.39 Å². The predicted octanol–water partition coefficient (Wildman–Crippen LogP) is 2.79. The molecular formula is C16H22FNO. The summed E-state index contributed by atoms with van der Waals surface area (Å²) in [5, 5.41) is 8.73. The number of aliphatic hydroxyl groups is 1. The summed E-state index contributed by atoms with van der Waals surface area (Å²) in [6.45, 7) is 5.09. The zero-order valence-corrected chi connectivity index (χ0v) is 11.9. The van der Waals surface area contributed by atoms with Crippen molar-refractivity contribution < 1.29 is 9.50 Å². The number of benzene rings is 1. The van der Waals surface area contributed by atoms with Crippen molar-refractivity contribution in [2.45, 2.75) is 39.3 Å². The van der Waals surface area contributed by atoms with E-state index in [-0.39, 0.29) is 12.4 Å². The third kappa shape index (κ3) is 5.02. The van der Waals surface area contributed by atoms with Crippen LogP contribution in [0.25, 0.3) is 0 Å². The molecular weight excluding hydrogens is 241 g/mol. The lowest BCUT2D eigenvalue weighted by molar-refractivity contribution is 0.243. The monoisotopic (exact) mass is 263 g/mol. The molecule has 1 aromatic rings. The number of aliphatic hydroxyl groups excluding tert-OH is 1. The highest BCUT2D eigenvalue weighted by molar-refractivity contribution is 5.41. The van der Waals surface area contributed by atoms with Crippen molar-refractivity contribution in [3.05, 3.63) is 35.1 Å². The summed E-state index contributed by atoms with van der Waals surface area (Å²) < 4.78 is 13.3. The van der Waals surface area contributed by atoms with Gasteiger partial charge in [-0.25, -0.2) is 4.39 Å². The first-order valence-corrected chi connectivity index (χ1v) is 6.66. The van der Waals surface area contributed by atoms with E-state index in [0.717, 1.165) is 18.5 Å². The first-order valence-electron chi connectivity index (χ1n) is 6.66. The zero-order valence-electron chi connectivity index (χ0n) is 11.9. The van der Waals surface area contributed by atoms with Crippen LogP contribution in [0.15, 0.2) is 18.2 Å². The number of nitrogens with zero attached hydrogens (tertiary/aromatic N) is 1. The van der Waals surface area contributed by atoms with Crippen molar-refractivity contribution in [1.29, 1.82) is 0 Å². The molecule has 0 amide bonds. The Morgan fingerprint density at radius 2 is 2.16 bits per heavy atom. The Hall–Kier alpha value is -1.37. The Balaban J connectivity index is 2.91. The van der Waals surface area contributed by atoms with Crippen LogP contribution in [0.1, 0.15) is 37.8 Å². The van der Waals surface area contributed by atoms with Gasteiger partial charge in [0.25, 0.3) is 0 Å². The molecule has 1 atom stereocenters. The van der Waals surface area contributed by atoms with Gasteiger partial charge in [-0.15, -0.1) is 0 Å². The van der Waals surface area contributed by atoms with E-state index in [4.69, 9.17) is 5.11 Å². The average molecular weight is 263 g/mol. The normalized spacial score (nSPS) is 12.1. The fraction of sp³-hybridized carbons (Fsp3) is 0.500. The van der Waals surface area contributed by atoms with Gasteiger partial charge in [0, 0.05) is 24.6 Å². The molecule has 0 heterocycles. The van der Waals surface area contributed by atoms with E-state index in [9.17, 15) is 4.39 Å². The maximum absolute atomic E-state index is 13.3. The molecule has 1 aromatic carbocycles. The summed E-state index contributed by atoms with van der Waals surface area (Å²) in [7, 11) is 2.06. The molecule has 0 aromatic heterocycles. The second kappa shape index (κ2) is 7.93. The second-order valence-corrected chi connectivity index (χ2v) is 4.75. The molecule has 0 aliphatic heterocycles. The van der Waals surface area contributed by atoms with Crippen LogP contribution in [0.3, 0.4) is 0 Å². The summed E-state index contributed by atoms with van der Waals surface area (Å²) in [5.74, 6) is 5.52. The smallest absolute Gasteiger partial charge is 0.124 e. The molecule has 104 valence electrons. The Labute approximate surface area is 115 Å². The van der Waals surface area contributed by atoms with Crippen molar-refractivity contribution in [3.8, 4) is 11.8 Å². The molecule has 1 rings (SSSR count). The van der Waals surface area contributed by atoms with Gasteiger partial charge in [0.15, 0.2) is 0 Å². The fourth-order valence-electron chi connectivity index (χ4n) is 1.75. The minimum Gasteiger partial charge on any atom is -0.395 e. The summed E-state index contributed by atoms with van der Waals surface area (Å²) in [6.07, 6.45) is 1.49. The lowest BCUT2D eigenvalue weighted by Crippen LogP contribution is -2.28. The molecule has 1 N–H and O–H groups in total. The van der Waals surface area contributed by atoms with E-state index < -0.39 is 0 Å². The predicted molar refractivity (Wildman–Crippen MR) is 76.2 cm³/mol. The number of rotatable bonds is 5. The summed E-state index contributed by atoms with van der Waals surface area (Å²) in [6, 6.07) is 5.20. The summed E-state index contributed by atoms with van der Waals surface area (Å²) >= 11 is 0. The van der Waals surface area contributed by atoms with Crippen LogP contribution >= 0.6 is 0 Å². The maximum atomic E-state index is 13.3. The Kier molecular flexibility index (Phi) is 6.55. The second-order valence-electron chi connectivity index (χ2n) is 4.75. The van der Waals surface area contributed by atoms with Crippen molar-refractivity contribution in [1.82, 2.24) is 4.90 Å². The van der Waals surface area contributed by atoms with Gasteiger partial charge in [-0.05, 0) is 38.1 Å². The number of hydrogen-bond donors (Lipinski definition) is 1. The Bertz CT molecular complexity index is 462. The molecule has 19 heavy (non-hydrogen) atoms. The highest BCUT2D eigenvalue weighted by Crippen LogP contribution is 2.14. The molecule has 0 spiro atoms. The van der Waals surface area contributed by atoms with Gasteiger partial charge in [0.2, 0.25) is 0 Å². The van der Waals surface area contributed by atoms with E-state index >= 15 is 0 Å². The summed E-state index contributed by atoms with van der Waals surface area (Å²) in [5.41, 5.74) is 1.73. The van der Waals surface area contributed by atoms with E-state index in [0.29, 0.717) is 18.0 Å². The lowest BCUT2D eigenvalue weighted by atomic mass is 10.1. The van der Waals surface area contributed by atoms with Crippen LogP contribution in [-0.4, -0.2) is 29.7 Å². The van der Waals surface area contributed by atoms with Gasteiger partial charge < -0.3 is 5.11 Å². The van der Waals surface area contributed by atoms with Crippen LogP contribution in [0.5, 0.6) is 0 Å². The van der Waals surface area contributed by atoms with E-state index in [2.05, 4.69) is 37.6 Å². The van der Waals surface area contributed by atoms with Gasteiger partial charge in [-0.1, -0.05) is 24.8 Å². The van der Waals surface area contributed by atoms with Crippen LogP contribution in [0, 0.1) is 17.7 Å². The maximum Gasteiger partial charge on any atom is 0.124 e. The largest absolute Gasteiger partial charge is 0.395 e. The van der Waals surface area contributed by atoms with Crippen molar-refractivity contribution in [2.24, 2.45) is 0 Å². The fourth-order valence-corrected chi connectivity index (χ4v) is 1.75. The van der Waals surface area contributed by atoms with E-state index in [1.165, 1.54) is 12.1 Å². The Morgan fingerprint density at radius 3 is 2.79 bits per heavy atom. The third-order valence-electron chi connectivity index (χ3n) is 3.29. The molecule has 0 saturated heterocycles. The van der Waals surface area contributed by atoms with Gasteiger partial charge in [0.1, 0.15) is 5.82 Å². The van der Waals surface area contributed by atoms with Crippen molar-refractivity contribution >= 4 is 0 Å². The van der Waals surface area contributed by atoms with Gasteiger partial charge >= 0.3 is 0 Å². The molecule has 3 heteroatoms. The molecule has 2 nitrogen and oxygen atoms in total. The quantitative estimate of drug-likeness (QED) is 0.826. The van der Waals surface area contributed by atoms with Crippen molar-refractivity contribution in [2.75, 3.05) is 13.7 Å². The first kappa shape index (κ1) is 15.7. The molecule has 0 saturated carbocycles. The minimum atomic E-state index is -0.275. The lowest BCUT2D eigenvalue weighted by Gasteiger charge is -2.24. The van der Waals surface area contributed by atoms with Crippen LogP contribution < -0.4 is 0 Å². The van der Waals surface area contributed by atoms with Gasteiger partial charge in [0.05, 0.1) is 6.61 Å². The standard InChI is InChI=1S/C16H22FNO/c1-4-13(2)18(3)12-15-8-9-16(17)11-14(15)7-5-6-10-19/h8-9,11,13,19H,4,6,10,12H2,1-3H3. The molecule has 0 aliphatic rings. The SMILES string of the molecule is CCC(C)N(C)Cc1ccc(F)cc1C#CCCO. The highest BCUT2D eigenvalue weighted by atomic mass is 19.1. The van der Waals surface area contributed by atoms with Gasteiger partial charge in [-0.2, -0.15) is 0 Å². The number of halogens is 1. The molecule has 0 aliphatic carbocycles. The van der Waals surface area contributed by atoms with E-state index in [1.54, 1.807) is 6.07 Å². The average Bonchev–Trinajstić information content (AvgIpc) is 2.40. The molecule has 0 bridgehead atoms. The van der Waals surface area contributed by atoms with E-state index in [1.807, 2.05) is 0 Å². The Morgan fingerprint density at radius 1 is 1.42 bits per heavy atom. The number of hydrogen-bond acceptors (Lipinski definition) is 2. The third-order valence-corrected chi connectivity index (χ3v) is 3.29. The van der Waals surface area contributed by atoms with Crippen molar-refractivity contribution in [3.63, 3.8) is 0 Å². The highest BCUT2D eigenvalue weighted by Gasteiger charge is 2.10. The molecule has 0 fully saturated rings. The topological polar surface area (TPSA) is 23.5 Å². The minimum absolute atomic E-state index is 0.0322. The zero-order chi connectivity index (χ0) is 14.3. The molecule has 0 radical (unpaired) electrons. The van der Waals surface area contributed by atoms with Gasteiger partial charge in [-0.3, -0.25) is 4.90 Å². The van der Waals surface area contributed by atoms with Crippen LogP contribution in [0.2, 0.25) is 0 Å².